The Morgan fingerprint density at radius 1 is 0.900 bits per heavy atom. The number of ether oxygens (including phenoxy) is 3. The molecule has 20 heavy (non-hydrogen) atoms. The highest BCUT2D eigenvalue weighted by Crippen LogP contribution is 2.40. The van der Waals surface area contributed by atoms with Crippen LogP contribution < -0.4 is 9.47 Å². The van der Waals surface area contributed by atoms with Gasteiger partial charge in [0.05, 0.1) is 15.7 Å². The van der Waals surface area contributed by atoms with Gasteiger partial charge >= 0.3 is 12.3 Å². The van der Waals surface area contributed by atoms with Crippen molar-refractivity contribution in [1.82, 2.24) is 0 Å². The van der Waals surface area contributed by atoms with Gasteiger partial charge in [-0.15, -0.1) is 0 Å². The van der Waals surface area contributed by atoms with Crippen molar-refractivity contribution in [3.05, 3.63) is 40.4 Å². The number of hydrogen-bond donors (Lipinski definition) is 0. The van der Waals surface area contributed by atoms with Gasteiger partial charge in [-0.3, -0.25) is 10.1 Å². The van der Waals surface area contributed by atoms with E-state index in [0.717, 1.165) is 0 Å². The second-order valence-electron chi connectivity index (χ2n) is 3.82. The van der Waals surface area contributed by atoms with Gasteiger partial charge in [0.25, 0.3) is 5.69 Å². The molecule has 0 unspecified atom stereocenters. The quantitative estimate of drug-likeness (QED) is 0.259. The van der Waals surface area contributed by atoms with E-state index < -0.39 is 17.2 Å². The van der Waals surface area contributed by atoms with E-state index in [4.69, 9.17) is 9.47 Å². The van der Waals surface area contributed by atoms with Crippen LogP contribution >= 0.6 is 0 Å². The van der Waals surface area contributed by atoms with Crippen LogP contribution in [0.4, 0.5) is 15.3 Å². The predicted molar refractivity (Wildman–Crippen MR) is 63.7 cm³/mol. The number of non-ortho nitro benzene ring substituents is 1. The number of nitro groups is 1. The zero-order chi connectivity index (χ0) is 14.3. The summed E-state index contributed by atoms with van der Waals surface area (Å²) in [5.74, 6) is 0.0254. The molecule has 0 aromatic heterocycles. The average molecular weight is 275 g/mol. The number of carbonyl (C=O) groups is 2. The fourth-order valence-corrected chi connectivity index (χ4v) is 1.95. The SMILES string of the molecule is O=C1OC(=O)Oc2ccc([N+](=O)[O-])c3cccc(c23)O1. The lowest BCUT2D eigenvalue weighted by Crippen LogP contribution is -2.21. The fraction of sp³-hybridized carbons (Fsp3) is 0. The van der Waals surface area contributed by atoms with Crippen LogP contribution in [0.2, 0.25) is 0 Å². The maximum absolute atomic E-state index is 11.2. The molecule has 0 atom stereocenters. The topological polar surface area (TPSA) is 105 Å². The van der Waals surface area contributed by atoms with Crippen molar-refractivity contribution in [2.24, 2.45) is 0 Å². The minimum atomic E-state index is -1.26. The smallest absolute Gasteiger partial charge is 0.394 e. The van der Waals surface area contributed by atoms with Gasteiger partial charge in [0, 0.05) is 6.07 Å². The zero-order valence-electron chi connectivity index (χ0n) is 9.69. The molecule has 0 amide bonds. The molecular weight excluding hydrogens is 270 g/mol. The lowest BCUT2D eigenvalue weighted by atomic mass is 10.1. The Bertz CT molecular complexity index is 745. The Morgan fingerprint density at radius 3 is 2.20 bits per heavy atom. The Labute approximate surface area is 110 Å². The van der Waals surface area contributed by atoms with Crippen LogP contribution in [0.25, 0.3) is 10.8 Å². The predicted octanol–water partition coefficient (Wildman–Crippen LogP) is 2.78. The number of rotatable bonds is 1. The lowest BCUT2D eigenvalue weighted by molar-refractivity contribution is -0.383. The van der Waals surface area contributed by atoms with Crippen molar-refractivity contribution in [3.63, 3.8) is 0 Å². The molecule has 2 aromatic carbocycles. The van der Waals surface area contributed by atoms with E-state index in [9.17, 15) is 19.7 Å². The van der Waals surface area contributed by atoms with Gasteiger partial charge in [-0.1, -0.05) is 6.07 Å². The molecule has 8 nitrogen and oxygen atoms in total. The van der Waals surface area contributed by atoms with Crippen molar-refractivity contribution in [2.45, 2.75) is 0 Å². The van der Waals surface area contributed by atoms with Crippen LogP contribution in [0.3, 0.4) is 0 Å². The number of nitro benzene ring substituents is 1. The number of carbonyl (C=O) groups excluding carboxylic acids is 2. The van der Waals surface area contributed by atoms with Gasteiger partial charge in [-0.2, -0.15) is 0 Å². The molecule has 0 N–H and O–H groups in total. The average Bonchev–Trinajstić information content (AvgIpc) is 2.36. The van der Waals surface area contributed by atoms with Gasteiger partial charge in [0.15, 0.2) is 0 Å². The molecule has 0 spiro atoms. The Hall–Kier alpha value is -3.16. The third kappa shape index (κ3) is 1.79. The van der Waals surface area contributed by atoms with E-state index in [1.165, 1.54) is 30.3 Å². The first kappa shape index (κ1) is 11.9. The van der Waals surface area contributed by atoms with Crippen molar-refractivity contribution < 1.29 is 28.7 Å². The van der Waals surface area contributed by atoms with Gasteiger partial charge in [0.1, 0.15) is 11.5 Å². The molecule has 0 saturated heterocycles. The van der Waals surface area contributed by atoms with Gasteiger partial charge in [-0.05, 0) is 18.2 Å². The van der Waals surface area contributed by atoms with Gasteiger partial charge in [-0.25, -0.2) is 9.59 Å². The minimum Gasteiger partial charge on any atom is -0.394 e. The van der Waals surface area contributed by atoms with E-state index in [1.54, 1.807) is 0 Å². The minimum absolute atomic E-state index is 0.0127. The summed E-state index contributed by atoms with van der Waals surface area (Å²) in [6, 6.07) is 6.79. The number of cyclic esters (lactones) is 2. The van der Waals surface area contributed by atoms with E-state index in [0.29, 0.717) is 0 Å². The van der Waals surface area contributed by atoms with Gasteiger partial charge < -0.3 is 14.2 Å². The van der Waals surface area contributed by atoms with E-state index in [2.05, 4.69) is 4.74 Å². The maximum atomic E-state index is 11.2. The van der Waals surface area contributed by atoms with Crippen molar-refractivity contribution in [2.75, 3.05) is 0 Å². The second kappa shape index (κ2) is 4.19. The lowest BCUT2D eigenvalue weighted by Gasteiger charge is -2.14. The fourth-order valence-electron chi connectivity index (χ4n) is 1.95. The summed E-state index contributed by atoms with van der Waals surface area (Å²) < 4.78 is 13.9. The molecule has 1 aliphatic rings. The Morgan fingerprint density at radius 2 is 1.55 bits per heavy atom. The Kier molecular flexibility index (Phi) is 2.50. The monoisotopic (exact) mass is 275 g/mol. The summed E-state index contributed by atoms with van der Waals surface area (Å²) in [5, 5.41) is 11.3. The molecule has 0 bridgehead atoms. The van der Waals surface area contributed by atoms with Crippen LogP contribution in [0.1, 0.15) is 0 Å². The first-order valence-corrected chi connectivity index (χ1v) is 5.38. The molecule has 0 radical (unpaired) electrons. The van der Waals surface area contributed by atoms with Crippen molar-refractivity contribution in [3.8, 4) is 11.5 Å². The maximum Gasteiger partial charge on any atom is 0.524 e. The highest BCUT2D eigenvalue weighted by molar-refractivity contribution is 6.02. The van der Waals surface area contributed by atoms with E-state index in [-0.39, 0.29) is 28.0 Å². The van der Waals surface area contributed by atoms with E-state index >= 15 is 0 Å². The molecule has 3 rings (SSSR count). The number of benzene rings is 2. The molecule has 2 aromatic rings. The van der Waals surface area contributed by atoms with Crippen molar-refractivity contribution >= 4 is 28.8 Å². The summed E-state index contributed by atoms with van der Waals surface area (Å²) in [6.07, 6.45) is -2.53. The molecule has 8 heteroatoms. The summed E-state index contributed by atoms with van der Waals surface area (Å²) in [6.45, 7) is 0. The Balaban J connectivity index is 2.37. The highest BCUT2D eigenvalue weighted by Gasteiger charge is 2.26. The third-order valence-corrected chi connectivity index (χ3v) is 2.69. The van der Waals surface area contributed by atoms with Crippen LogP contribution in [-0.4, -0.2) is 17.2 Å². The molecular formula is C12H5NO7. The molecule has 0 aliphatic carbocycles. The summed E-state index contributed by atoms with van der Waals surface area (Å²) in [5.41, 5.74) is -0.195. The summed E-state index contributed by atoms with van der Waals surface area (Å²) >= 11 is 0. The first-order valence-electron chi connectivity index (χ1n) is 5.38. The van der Waals surface area contributed by atoms with Crippen LogP contribution in [0.5, 0.6) is 11.5 Å². The summed E-state index contributed by atoms with van der Waals surface area (Å²) in [7, 11) is 0. The van der Waals surface area contributed by atoms with Crippen LogP contribution in [-0.2, 0) is 4.74 Å². The van der Waals surface area contributed by atoms with Crippen molar-refractivity contribution in [1.29, 1.82) is 0 Å². The highest BCUT2D eigenvalue weighted by atomic mass is 16.8. The molecule has 0 saturated carbocycles. The van der Waals surface area contributed by atoms with Crippen LogP contribution in [0.15, 0.2) is 30.3 Å². The molecule has 0 fully saturated rings. The zero-order valence-corrected chi connectivity index (χ0v) is 9.69. The normalized spacial score (nSPS) is 13.8. The summed E-state index contributed by atoms with van der Waals surface area (Å²) in [4.78, 5) is 32.9. The molecule has 1 aliphatic heterocycles. The number of nitrogens with zero attached hydrogens (tertiary/aromatic N) is 1. The second-order valence-corrected chi connectivity index (χ2v) is 3.82. The number of hydrogen-bond acceptors (Lipinski definition) is 7. The van der Waals surface area contributed by atoms with E-state index in [1.807, 2.05) is 0 Å². The molecule has 100 valence electrons. The van der Waals surface area contributed by atoms with Crippen LogP contribution in [0, 0.1) is 10.1 Å². The third-order valence-electron chi connectivity index (χ3n) is 2.69. The molecule has 1 heterocycles. The first-order chi connectivity index (χ1) is 9.56. The van der Waals surface area contributed by atoms with Gasteiger partial charge in [0.2, 0.25) is 0 Å². The largest absolute Gasteiger partial charge is 0.524 e. The standard InChI is InChI=1S/C12H5NO7/c14-11-18-8-3-1-2-6-7(13(16)17)4-5-9(10(6)8)19-12(15)20-11/h1-5H.